The summed E-state index contributed by atoms with van der Waals surface area (Å²) in [6, 6.07) is 8.45. The molecule has 0 spiro atoms. The van der Waals surface area contributed by atoms with Crippen molar-refractivity contribution in [3.63, 3.8) is 0 Å². The third kappa shape index (κ3) is 4.83. The number of halogens is 1. The second-order valence-electron chi connectivity index (χ2n) is 2.24. The summed E-state index contributed by atoms with van der Waals surface area (Å²) in [6.07, 6.45) is 0.889. The van der Waals surface area contributed by atoms with Crippen LogP contribution < -0.4 is 17.0 Å². The van der Waals surface area contributed by atoms with Gasteiger partial charge in [-0.15, -0.1) is 0 Å². The maximum atomic E-state index is 3.79. The summed E-state index contributed by atoms with van der Waals surface area (Å²) in [5, 5.41) is 0. The SMILES string of the molecule is [Br-].[CH2-]Cc1ccc(C)cc1.[Mg+2]. The van der Waals surface area contributed by atoms with Gasteiger partial charge in [0.1, 0.15) is 0 Å². The normalized spacial score (nSPS) is 7.82. The van der Waals surface area contributed by atoms with Gasteiger partial charge in [-0.1, -0.05) is 35.4 Å². The average molecular weight is 223 g/mol. The zero-order valence-corrected chi connectivity index (χ0v) is 9.81. The van der Waals surface area contributed by atoms with Crippen LogP contribution in [0.15, 0.2) is 24.3 Å². The van der Waals surface area contributed by atoms with Crippen LogP contribution in [0, 0.1) is 13.8 Å². The van der Waals surface area contributed by atoms with E-state index in [-0.39, 0.29) is 40.0 Å². The summed E-state index contributed by atoms with van der Waals surface area (Å²) in [5.74, 6) is 0. The quantitative estimate of drug-likeness (QED) is 0.423. The monoisotopic (exact) mass is 222 g/mol. The Morgan fingerprint density at radius 1 is 1.18 bits per heavy atom. The van der Waals surface area contributed by atoms with E-state index in [1.807, 2.05) is 0 Å². The minimum atomic E-state index is 0. The van der Waals surface area contributed by atoms with Gasteiger partial charge in [-0.05, 0) is 6.92 Å². The molecule has 0 aliphatic rings. The molecule has 0 aliphatic carbocycles. The molecule has 0 atom stereocenters. The second kappa shape index (κ2) is 7.13. The Kier molecular flexibility index (Phi) is 9.09. The molecule has 0 amide bonds. The molecule has 56 valence electrons. The summed E-state index contributed by atoms with van der Waals surface area (Å²) in [6.45, 7) is 5.88. The van der Waals surface area contributed by atoms with E-state index in [1.54, 1.807) is 0 Å². The van der Waals surface area contributed by atoms with Crippen LogP contribution in [0.2, 0.25) is 0 Å². The maximum Gasteiger partial charge on any atom is 2.00 e. The van der Waals surface area contributed by atoms with Gasteiger partial charge in [0.05, 0.1) is 0 Å². The minimum Gasteiger partial charge on any atom is -1.00 e. The van der Waals surface area contributed by atoms with Gasteiger partial charge in [-0.3, -0.25) is 0 Å². The van der Waals surface area contributed by atoms with E-state index < -0.39 is 0 Å². The summed E-state index contributed by atoms with van der Waals surface area (Å²) in [5.41, 5.74) is 2.62. The molecule has 2 heteroatoms. The fraction of sp³-hybridized carbons (Fsp3) is 0.222. The largest absolute Gasteiger partial charge is 2.00 e. The molecule has 0 heterocycles. The van der Waals surface area contributed by atoms with Gasteiger partial charge in [-0.2, -0.15) is 6.42 Å². The van der Waals surface area contributed by atoms with Gasteiger partial charge in [0, 0.05) is 0 Å². The van der Waals surface area contributed by atoms with Crippen molar-refractivity contribution in [3.05, 3.63) is 42.3 Å². The van der Waals surface area contributed by atoms with Crippen LogP contribution in [-0.4, -0.2) is 23.1 Å². The van der Waals surface area contributed by atoms with Gasteiger partial charge in [0.25, 0.3) is 0 Å². The predicted octanol–water partition coefficient (Wildman–Crippen LogP) is -1.01. The molecule has 0 N–H and O–H groups in total. The van der Waals surface area contributed by atoms with Crippen molar-refractivity contribution in [2.45, 2.75) is 13.3 Å². The first-order valence-corrected chi connectivity index (χ1v) is 3.17. The predicted molar refractivity (Wildman–Crippen MR) is 46.0 cm³/mol. The van der Waals surface area contributed by atoms with Crippen LogP contribution in [0.4, 0.5) is 0 Å². The topological polar surface area (TPSA) is 0 Å². The molecule has 0 aromatic heterocycles. The van der Waals surface area contributed by atoms with Gasteiger partial charge in [0.15, 0.2) is 0 Å². The fourth-order valence-electron chi connectivity index (χ4n) is 0.755. The van der Waals surface area contributed by atoms with Gasteiger partial charge >= 0.3 is 23.1 Å². The Hall–Kier alpha value is 0.466. The first kappa shape index (κ1) is 14.0. The molecule has 11 heavy (non-hydrogen) atoms. The van der Waals surface area contributed by atoms with Crippen molar-refractivity contribution in [1.82, 2.24) is 0 Å². The number of aryl methyl sites for hydroxylation is 1. The third-order valence-electron chi connectivity index (χ3n) is 1.41. The Labute approximate surface area is 95.3 Å². The summed E-state index contributed by atoms with van der Waals surface area (Å²) in [7, 11) is 0. The first-order chi connectivity index (χ1) is 4.33. The van der Waals surface area contributed by atoms with Crippen LogP contribution in [-0.2, 0) is 6.42 Å². The van der Waals surface area contributed by atoms with E-state index in [0.29, 0.717) is 0 Å². The van der Waals surface area contributed by atoms with E-state index in [0.717, 1.165) is 6.42 Å². The van der Waals surface area contributed by atoms with Crippen molar-refractivity contribution >= 4 is 23.1 Å². The van der Waals surface area contributed by atoms with Crippen LogP contribution in [0.5, 0.6) is 0 Å². The Morgan fingerprint density at radius 2 is 1.64 bits per heavy atom. The van der Waals surface area contributed by atoms with Gasteiger partial charge < -0.3 is 23.9 Å². The first-order valence-electron chi connectivity index (χ1n) is 3.17. The van der Waals surface area contributed by atoms with Crippen LogP contribution in [0.25, 0.3) is 0 Å². The summed E-state index contributed by atoms with van der Waals surface area (Å²) >= 11 is 0. The molecule has 0 saturated heterocycles. The van der Waals surface area contributed by atoms with Crippen molar-refractivity contribution in [2.24, 2.45) is 0 Å². The number of benzene rings is 1. The van der Waals surface area contributed by atoms with Gasteiger partial charge in [-0.25, -0.2) is 0 Å². The van der Waals surface area contributed by atoms with E-state index in [9.17, 15) is 0 Å². The van der Waals surface area contributed by atoms with Crippen molar-refractivity contribution in [2.75, 3.05) is 0 Å². The molecular weight excluding hydrogens is 212 g/mol. The van der Waals surface area contributed by atoms with E-state index in [4.69, 9.17) is 0 Å². The summed E-state index contributed by atoms with van der Waals surface area (Å²) in [4.78, 5) is 0. The van der Waals surface area contributed by atoms with Gasteiger partial charge in [0.2, 0.25) is 0 Å². The maximum absolute atomic E-state index is 3.79. The smallest absolute Gasteiger partial charge is 1.00 e. The molecule has 0 nitrogen and oxygen atoms in total. The molecule has 1 aromatic rings. The van der Waals surface area contributed by atoms with Crippen LogP contribution in [0.3, 0.4) is 0 Å². The zero-order chi connectivity index (χ0) is 6.69. The molecule has 0 radical (unpaired) electrons. The molecular formula is C9H11BrMg. The van der Waals surface area contributed by atoms with Crippen molar-refractivity contribution in [1.29, 1.82) is 0 Å². The minimum absolute atomic E-state index is 0. The summed E-state index contributed by atoms with van der Waals surface area (Å²) < 4.78 is 0. The molecule has 1 aromatic carbocycles. The van der Waals surface area contributed by atoms with E-state index in [2.05, 4.69) is 38.1 Å². The molecule has 1 rings (SSSR count). The average Bonchev–Trinajstić information content (AvgIpc) is 1.90. The molecule has 0 saturated carbocycles. The Balaban J connectivity index is 0. The molecule has 0 unspecified atom stereocenters. The standard InChI is InChI=1S/C9H11.BrH.Mg/c1-3-9-6-4-8(2)5-7-9;;/h4-7H,1,3H2,2H3;1H;/q-1;;+2/p-1. The van der Waals surface area contributed by atoms with Crippen molar-refractivity contribution < 1.29 is 17.0 Å². The molecule has 0 aliphatic heterocycles. The third-order valence-corrected chi connectivity index (χ3v) is 1.41. The van der Waals surface area contributed by atoms with E-state index in [1.165, 1.54) is 11.1 Å². The Morgan fingerprint density at radius 3 is 2.00 bits per heavy atom. The Bertz CT molecular complexity index is 181. The second-order valence-corrected chi connectivity index (χ2v) is 2.24. The number of hydrogen-bond donors (Lipinski definition) is 0. The van der Waals surface area contributed by atoms with Crippen molar-refractivity contribution in [3.8, 4) is 0 Å². The molecule has 0 bridgehead atoms. The van der Waals surface area contributed by atoms with Crippen LogP contribution >= 0.6 is 0 Å². The molecule has 0 fully saturated rings. The fourth-order valence-corrected chi connectivity index (χ4v) is 0.755. The number of hydrogen-bond acceptors (Lipinski definition) is 0. The van der Waals surface area contributed by atoms with E-state index >= 15 is 0 Å². The zero-order valence-electron chi connectivity index (χ0n) is 6.81. The van der Waals surface area contributed by atoms with Crippen LogP contribution in [0.1, 0.15) is 11.1 Å². The number of rotatable bonds is 1.